The molecule has 1 N–H and O–H groups in total. The van der Waals surface area contributed by atoms with Crippen molar-refractivity contribution < 1.29 is 0 Å². The minimum absolute atomic E-state index is 0.446. The molecule has 0 aliphatic carbocycles. The largest absolute Gasteiger partial charge is 0.347 e. The van der Waals surface area contributed by atoms with Crippen molar-refractivity contribution in [2.45, 2.75) is 39.5 Å². The van der Waals surface area contributed by atoms with Crippen molar-refractivity contribution in [1.82, 2.24) is 25.1 Å². The van der Waals surface area contributed by atoms with Crippen LogP contribution in [-0.4, -0.2) is 32.3 Å². The van der Waals surface area contributed by atoms with Crippen LogP contribution in [0.4, 0.5) is 5.82 Å². The fraction of sp³-hybridized carbons (Fsp3) is 0.500. The minimum atomic E-state index is 0.446. The Morgan fingerprint density at radius 1 is 1.38 bits per heavy atom. The normalized spacial score (nSPS) is 14.6. The molecule has 0 bridgehead atoms. The van der Waals surface area contributed by atoms with E-state index in [4.69, 9.17) is 0 Å². The molecule has 0 atom stereocenters. The second-order valence-corrected chi connectivity index (χ2v) is 6.45. The van der Waals surface area contributed by atoms with Crippen molar-refractivity contribution in [3.63, 3.8) is 0 Å². The molecule has 0 spiro atoms. The topological polar surface area (TPSA) is 58.9 Å². The van der Waals surface area contributed by atoms with Crippen molar-refractivity contribution in [3.8, 4) is 0 Å². The van der Waals surface area contributed by atoms with E-state index < -0.39 is 0 Å². The number of nitrogens with one attached hydrogen (secondary N) is 1. The van der Waals surface area contributed by atoms with Crippen LogP contribution in [0.1, 0.15) is 25.2 Å². The summed E-state index contributed by atoms with van der Waals surface area (Å²) in [5, 5.41) is 11.6. The average Bonchev–Trinajstić information content (AvgIpc) is 2.92. The molecule has 0 saturated heterocycles. The highest BCUT2D eigenvalue weighted by atomic mass is 79.9. The molecular formula is C14H19BrN6. The van der Waals surface area contributed by atoms with Gasteiger partial charge in [-0.05, 0) is 22.0 Å². The molecule has 7 heteroatoms. The lowest BCUT2D eigenvalue weighted by Gasteiger charge is -2.29. The number of hydrogen-bond acceptors (Lipinski definition) is 5. The van der Waals surface area contributed by atoms with Gasteiger partial charge in [-0.2, -0.15) is 0 Å². The Labute approximate surface area is 132 Å². The van der Waals surface area contributed by atoms with Crippen LogP contribution in [0.3, 0.4) is 0 Å². The maximum Gasteiger partial charge on any atom is 0.152 e. The van der Waals surface area contributed by atoms with Gasteiger partial charge in [-0.15, -0.1) is 10.2 Å². The number of hydrogen-bond donors (Lipinski definition) is 1. The summed E-state index contributed by atoms with van der Waals surface area (Å²) in [7, 11) is 0. The van der Waals surface area contributed by atoms with E-state index in [9.17, 15) is 0 Å². The van der Waals surface area contributed by atoms with Crippen LogP contribution in [0.15, 0.2) is 23.1 Å². The number of pyridine rings is 1. The van der Waals surface area contributed by atoms with E-state index in [1.54, 1.807) is 6.33 Å². The monoisotopic (exact) mass is 350 g/mol. The fourth-order valence-electron chi connectivity index (χ4n) is 2.45. The van der Waals surface area contributed by atoms with Gasteiger partial charge in [0.25, 0.3) is 0 Å². The zero-order valence-electron chi connectivity index (χ0n) is 12.3. The Hall–Kier alpha value is -1.47. The molecule has 3 rings (SSSR count). The van der Waals surface area contributed by atoms with Gasteiger partial charge in [0.1, 0.15) is 12.1 Å². The van der Waals surface area contributed by atoms with Crippen LogP contribution in [0, 0.1) is 0 Å². The van der Waals surface area contributed by atoms with Gasteiger partial charge in [-0.1, -0.05) is 13.8 Å². The minimum Gasteiger partial charge on any atom is -0.347 e. The molecule has 0 saturated carbocycles. The van der Waals surface area contributed by atoms with Gasteiger partial charge in [0.05, 0.1) is 6.54 Å². The summed E-state index contributed by atoms with van der Waals surface area (Å²) in [6.07, 6.45) is 3.65. The summed E-state index contributed by atoms with van der Waals surface area (Å²) in [5.41, 5.74) is 1.20. The summed E-state index contributed by atoms with van der Waals surface area (Å²) < 4.78 is 3.11. The molecule has 0 amide bonds. The third-order valence-corrected chi connectivity index (χ3v) is 3.98. The highest BCUT2D eigenvalue weighted by molar-refractivity contribution is 9.10. The van der Waals surface area contributed by atoms with Gasteiger partial charge in [0.2, 0.25) is 0 Å². The summed E-state index contributed by atoms with van der Waals surface area (Å²) in [6.45, 7) is 7.68. The average molecular weight is 351 g/mol. The lowest BCUT2D eigenvalue weighted by molar-refractivity contribution is 0.548. The standard InChI is InChI=1S/C14H19BrN6/c1-10(2)16-6-11-5-12(15)7-17-14(11)20-3-4-21-9-18-19-13(21)8-20/h5,7,9-10,16H,3-4,6,8H2,1-2H3. The molecule has 112 valence electrons. The number of fused-ring (bicyclic) bond motifs is 1. The lowest BCUT2D eigenvalue weighted by Crippen LogP contribution is -2.35. The zero-order valence-corrected chi connectivity index (χ0v) is 13.8. The van der Waals surface area contributed by atoms with Gasteiger partial charge in [0, 0.05) is 41.9 Å². The van der Waals surface area contributed by atoms with Crippen molar-refractivity contribution in [1.29, 1.82) is 0 Å². The molecule has 2 aromatic rings. The zero-order chi connectivity index (χ0) is 14.8. The first-order chi connectivity index (χ1) is 10.1. The molecule has 21 heavy (non-hydrogen) atoms. The van der Waals surface area contributed by atoms with E-state index in [0.29, 0.717) is 6.04 Å². The number of nitrogens with zero attached hydrogens (tertiary/aromatic N) is 5. The molecule has 1 aliphatic heterocycles. The number of halogens is 1. The summed E-state index contributed by atoms with van der Waals surface area (Å²) >= 11 is 3.51. The number of rotatable bonds is 4. The number of aromatic nitrogens is 4. The Morgan fingerprint density at radius 2 is 2.24 bits per heavy atom. The molecule has 6 nitrogen and oxygen atoms in total. The summed E-state index contributed by atoms with van der Waals surface area (Å²) in [6, 6.07) is 2.58. The third-order valence-electron chi connectivity index (χ3n) is 3.55. The van der Waals surface area contributed by atoms with Crippen LogP contribution in [0.5, 0.6) is 0 Å². The Balaban J connectivity index is 1.84. The maximum absolute atomic E-state index is 4.62. The molecule has 0 aromatic carbocycles. The second-order valence-electron chi connectivity index (χ2n) is 5.53. The molecule has 3 heterocycles. The van der Waals surface area contributed by atoms with Gasteiger partial charge < -0.3 is 14.8 Å². The van der Waals surface area contributed by atoms with E-state index in [1.165, 1.54) is 5.56 Å². The van der Waals surface area contributed by atoms with Crippen LogP contribution in [0.2, 0.25) is 0 Å². The first kappa shape index (κ1) is 14.5. The quantitative estimate of drug-likeness (QED) is 0.913. The van der Waals surface area contributed by atoms with Crippen molar-refractivity contribution in [2.75, 3.05) is 11.4 Å². The van der Waals surface area contributed by atoms with E-state index >= 15 is 0 Å². The second kappa shape index (κ2) is 6.11. The lowest BCUT2D eigenvalue weighted by atomic mass is 10.2. The fourth-order valence-corrected chi connectivity index (χ4v) is 2.83. The van der Waals surface area contributed by atoms with Crippen LogP contribution < -0.4 is 10.2 Å². The smallest absolute Gasteiger partial charge is 0.152 e. The van der Waals surface area contributed by atoms with Crippen molar-refractivity contribution >= 4 is 21.7 Å². The molecule has 1 aliphatic rings. The molecular weight excluding hydrogens is 332 g/mol. The SMILES string of the molecule is CC(C)NCc1cc(Br)cnc1N1CCn2cnnc2C1. The van der Waals surface area contributed by atoms with Gasteiger partial charge >= 0.3 is 0 Å². The Kier molecular flexibility index (Phi) is 4.21. The van der Waals surface area contributed by atoms with Gasteiger partial charge in [0.15, 0.2) is 5.82 Å². The van der Waals surface area contributed by atoms with E-state index in [1.807, 2.05) is 6.20 Å². The third kappa shape index (κ3) is 3.24. The van der Waals surface area contributed by atoms with E-state index in [0.717, 1.165) is 42.3 Å². The predicted octanol–water partition coefficient (Wildman–Crippen LogP) is 1.95. The first-order valence-corrected chi connectivity index (χ1v) is 7.92. The van der Waals surface area contributed by atoms with Crippen molar-refractivity contribution in [3.05, 3.63) is 34.5 Å². The maximum atomic E-state index is 4.62. The van der Waals surface area contributed by atoms with Crippen LogP contribution in [-0.2, 0) is 19.6 Å². The molecule has 0 radical (unpaired) electrons. The van der Waals surface area contributed by atoms with Crippen molar-refractivity contribution in [2.24, 2.45) is 0 Å². The van der Waals surface area contributed by atoms with Gasteiger partial charge in [-0.3, -0.25) is 0 Å². The Morgan fingerprint density at radius 3 is 3.05 bits per heavy atom. The number of anilines is 1. The van der Waals surface area contributed by atoms with Crippen LogP contribution >= 0.6 is 15.9 Å². The van der Waals surface area contributed by atoms with Gasteiger partial charge in [-0.25, -0.2) is 4.98 Å². The highest BCUT2D eigenvalue weighted by Gasteiger charge is 2.21. The molecule has 2 aromatic heterocycles. The predicted molar refractivity (Wildman–Crippen MR) is 85.0 cm³/mol. The highest BCUT2D eigenvalue weighted by Crippen LogP contribution is 2.24. The Bertz CT molecular complexity index is 624. The van der Waals surface area contributed by atoms with Crippen LogP contribution in [0.25, 0.3) is 0 Å². The molecule has 0 unspecified atom stereocenters. The molecule has 0 fully saturated rings. The summed E-state index contributed by atoms with van der Waals surface area (Å²) in [4.78, 5) is 6.89. The van der Waals surface area contributed by atoms with E-state index in [-0.39, 0.29) is 0 Å². The van der Waals surface area contributed by atoms with E-state index in [2.05, 4.69) is 65.8 Å². The summed E-state index contributed by atoms with van der Waals surface area (Å²) in [5.74, 6) is 2.02. The first-order valence-electron chi connectivity index (χ1n) is 7.13.